The second-order valence-electron chi connectivity index (χ2n) is 35.9. The van der Waals surface area contributed by atoms with Crippen molar-refractivity contribution in [3.8, 4) is 101 Å². The summed E-state index contributed by atoms with van der Waals surface area (Å²) in [5, 5.41) is 32.2. The minimum Gasteiger partial charge on any atom is -0.495 e. The average molecular weight is 1980 g/mol. The highest BCUT2D eigenvalue weighted by Gasteiger charge is 2.46. The molecule has 0 radical (unpaired) electrons. The van der Waals surface area contributed by atoms with E-state index in [0.717, 1.165) is 112 Å². The molecular weight excluding hydrogens is 1870 g/mol. The fourth-order valence-corrected chi connectivity index (χ4v) is 18.4. The highest BCUT2D eigenvalue weighted by molar-refractivity contribution is 6.02. The van der Waals surface area contributed by atoms with Crippen molar-refractivity contribution in [2.75, 3.05) is 106 Å². The molecule has 0 bridgehead atoms. The van der Waals surface area contributed by atoms with E-state index in [-0.39, 0.29) is 42.8 Å². The van der Waals surface area contributed by atoms with Gasteiger partial charge in [0, 0.05) is 182 Å². The zero-order valence-electron chi connectivity index (χ0n) is 81.3. The molecule has 748 valence electrons. The van der Waals surface area contributed by atoms with Gasteiger partial charge in [-0.1, -0.05) is 133 Å². The SMILES string of the molecule is COc1ccc(-c2ccc(NC(=O)C3(c4ccc(-c5cnc(N)c(CO)c5)cc4)CCOCC3)nc2)cn1.COc1cncc(-c2ccc(NC(=O)C3(c4ccc(-c5cnc(N)c(CO)c5)cc4)CCOCC3)nc2)c1.Nc1ncc(-c2ccc(C3(C(=O)Nc4ccc(Oc5ccccc5)cn4)CCOCC3)cc2)cn1.O=C(Nc1ccc(Oc2ccccc2)cn1)C1(c2ccc(-c3cnc4[nH]ccc4c3)cc2)CCOCC1. The van der Waals surface area contributed by atoms with Crippen molar-refractivity contribution in [2.45, 2.75) is 86.2 Å². The van der Waals surface area contributed by atoms with Crippen LogP contribution in [0.5, 0.6) is 34.6 Å². The van der Waals surface area contributed by atoms with Crippen LogP contribution in [0.2, 0.25) is 0 Å². The monoisotopic (exact) mass is 1980 g/mol. The minimum atomic E-state index is -0.747. The van der Waals surface area contributed by atoms with Gasteiger partial charge in [-0.3, -0.25) is 24.2 Å². The Morgan fingerprint density at radius 2 is 0.642 bits per heavy atom. The quantitative estimate of drug-likeness (QED) is 0.0241. The first kappa shape index (κ1) is 101. The normalized spacial score (nSPS) is 14.7. The lowest BCUT2D eigenvalue weighted by Crippen LogP contribution is -2.45. The number of carbonyl (C=O) groups is 4. The number of methoxy groups -OCH3 is 2. The van der Waals surface area contributed by atoms with Crippen LogP contribution < -0.4 is 57.4 Å². The third-order valence-electron chi connectivity index (χ3n) is 27.1. The zero-order valence-corrected chi connectivity index (χ0v) is 81.3. The van der Waals surface area contributed by atoms with Gasteiger partial charge >= 0.3 is 0 Å². The van der Waals surface area contributed by atoms with Crippen molar-refractivity contribution in [3.63, 3.8) is 0 Å². The summed E-state index contributed by atoms with van der Waals surface area (Å²) in [7, 11) is 3.17. The number of aliphatic hydroxyl groups is 2. The molecule has 4 amide bonds. The van der Waals surface area contributed by atoms with Crippen molar-refractivity contribution in [1.29, 1.82) is 0 Å². The molecule has 11 aromatic heterocycles. The maximum atomic E-state index is 13.7. The number of rotatable bonds is 26. The molecule has 33 heteroatoms. The standard InChI is InChI=1S/C30H26N4O3.2C29H29N5O4.C27H25N5O3/c35-29(34-27-11-10-26(20-32-27)37-25-4-2-1-3-5-25)30(13-16-36-17-14-30)24-8-6-21(7-9-24)23-18-22-12-15-31-28(22)33-19-23;1-37-26-9-5-21(16-32-26)20-4-8-25(31-15-20)34-28(36)29(10-12-38-13-11-29)24-6-2-19(3-7-24)22-14-23(18-35)27(30)33-17-22;1-37-25-13-22(14-31-17-25)20-4-7-26(32-15-20)34-28(36)29(8-10-38-11-9-29)24-5-2-19(3-6-24)21-12-23(18-35)27(30)33-16-21;28-26-30-16-20(17-31-26)19-6-8-21(9-7-19)27(12-14-34-15-13-27)25(33)32-24-11-10-23(18-29-24)35-22-4-2-1-3-5-22/h1-12,15,18-20H,13-14,16-17H2,(H,31,33)(H,32,34,35);2-9,14-17,35H,10-13,18H2,1H3,(H2,30,33)(H,31,34,36);2-7,12-17,35H,8-11,18H2,1H3,(H2,30,33)(H,32,34,36);1-11,16-18H,12-15H2,(H2,28,30,31)(H,29,32,33). The van der Waals surface area contributed by atoms with E-state index in [4.69, 9.17) is 55.1 Å². The van der Waals surface area contributed by atoms with Crippen molar-refractivity contribution in [1.82, 2.24) is 59.8 Å². The summed E-state index contributed by atoms with van der Waals surface area (Å²) in [5.41, 5.74) is 31.0. The van der Waals surface area contributed by atoms with Gasteiger partial charge in [0.05, 0.1) is 67.7 Å². The third-order valence-corrected chi connectivity index (χ3v) is 27.1. The Morgan fingerprint density at radius 3 is 0.993 bits per heavy atom. The summed E-state index contributed by atoms with van der Waals surface area (Å²) in [5.74, 6) is 6.21. The van der Waals surface area contributed by atoms with E-state index in [2.05, 4.69) is 99.3 Å². The van der Waals surface area contributed by atoms with Crippen LogP contribution >= 0.6 is 0 Å². The number of H-pyrrole nitrogens is 1. The number of anilines is 7. The molecule has 0 spiro atoms. The number of hydrogen-bond donors (Lipinski definition) is 10. The van der Waals surface area contributed by atoms with Crippen molar-refractivity contribution in [3.05, 3.63) is 363 Å². The number of aromatic nitrogens is 12. The lowest BCUT2D eigenvalue weighted by Gasteiger charge is -2.36. The third kappa shape index (κ3) is 23.6. The number of benzene rings is 6. The highest BCUT2D eigenvalue weighted by Crippen LogP contribution is 2.44. The van der Waals surface area contributed by atoms with Crippen LogP contribution in [0.3, 0.4) is 0 Å². The lowest BCUT2D eigenvalue weighted by atomic mass is 9.73. The molecule has 0 saturated carbocycles. The number of nitrogen functional groups attached to an aromatic ring is 3. The van der Waals surface area contributed by atoms with Crippen LogP contribution in [0.15, 0.2) is 329 Å². The molecule has 0 atom stereocenters. The van der Waals surface area contributed by atoms with E-state index in [1.54, 1.807) is 125 Å². The van der Waals surface area contributed by atoms with E-state index < -0.39 is 21.7 Å². The molecular formula is C115H109N19O14. The summed E-state index contributed by atoms with van der Waals surface area (Å²) in [6, 6.07) is 78.7. The number of amides is 4. The number of aliphatic hydroxyl groups excluding tert-OH is 2. The summed E-state index contributed by atoms with van der Waals surface area (Å²) >= 11 is 0. The minimum absolute atomic E-state index is 0.0804. The topological polar surface area (TPSA) is 466 Å². The summed E-state index contributed by atoms with van der Waals surface area (Å²) in [4.78, 5) is 105. The Bertz CT molecular complexity index is 7360. The number of nitrogens with one attached hydrogen (secondary N) is 5. The van der Waals surface area contributed by atoms with E-state index in [9.17, 15) is 29.4 Å². The maximum absolute atomic E-state index is 13.7. The van der Waals surface area contributed by atoms with Crippen LogP contribution in [0, 0.1) is 0 Å². The second-order valence-corrected chi connectivity index (χ2v) is 35.9. The summed E-state index contributed by atoms with van der Waals surface area (Å²) in [6.45, 7) is 3.69. The number of aromatic amines is 1. The summed E-state index contributed by atoms with van der Waals surface area (Å²) in [6.07, 6.45) is 26.8. The molecule has 6 aromatic carbocycles. The predicted octanol–water partition coefficient (Wildman–Crippen LogP) is 18.7. The molecule has 4 aliphatic heterocycles. The molecule has 4 aliphatic rings. The van der Waals surface area contributed by atoms with E-state index >= 15 is 0 Å². The molecule has 17 aromatic rings. The number of nitrogens with two attached hydrogens (primary N) is 3. The van der Waals surface area contributed by atoms with Gasteiger partial charge in [0.15, 0.2) is 0 Å². The molecule has 15 heterocycles. The number of ether oxygens (including phenoxy) is 8. The maximum Gasteiger partial charge on any atom is 0.236 e. The van der Waals surface area contributed by atoms with Crippen LogP contribution in [-0.2, 0) is 73.0 Å². The first-order chi connectivity index (χ1) is 72.4. The molecule has 0 unspecified atom stereocenters. The average Bonchev–Trinajstić information content (AvgIpc) is 0.872. The smallest absolute Gasteiger partial charge is 0.236 e. The molecule has 0 aliphatic carbocycles. The fourth-order valence-electron chi connectivity index (χ4n) is 18.4. The van der Waals surface area contributed by atoms with Gasteiger partial charge in [0.25, 0.3) is 0 Å². The van der Waals surface area contributed by atoms with E-state index in [1.807, 2.05) is 200 Å². The second kappa shape index (κ2) is 46.9. The van der Waals surface area contributed by atoms with Crippen LogP contribution in [0.25, 0.3) is 77.8 Å². The molecule has 4 saturated heterocycles. The Kier molecular flexibility index (Phi) is 31.9. The molecule has 13 N–H and O–H groups in total. The van der Waals surface area contributed by atoms with Crippen LogP contribution in [0.1, 0.15) is 84.7 Å². The van der Waals surface area contributed by atoms with Crippen LogP contribution in [0.4, 0.5) is 40.9 Å². The van der Waals surface area contributed by atoms with Crippen molar-refractivity contribution >= 4 is 75.5 Å². The Hall–Kier alpha value is -17.5. The van der Waals surface area contributed by atoms with Gasteiger partial charge in [-0.15, -0.1) is 0 Å². The molecule has 4 fully saturated rings. The number of fused-ring (bicyclic) bond motifs is 1. The van der Waals surface area contributed by atoms with Gasteiger partial charge in [-0.2, -0.15) is 0 Å². The Labute approximate surface area is 853 Å². The fraction of sp³-hybridized carbons (Fsp3) is 0.209. The van der Waals surface area contributed by atoms with Gasteiger partial charge < -0.3 is 91.6 Å². The number of nitrogens with zero attached hydrogens (tertiary/aromatic N) is 11. The van der Waals surface area contributed by atoms with E-state index in [1.165, 1.54) is 0 Å². The van der Waals surface area contributed by atoms with E-state index in [0.29, 0.717) is 173 Å². The van der Waals surface area contributed by atoms with Gasteiger partial charge in [0.1, 0.15) is 69.3 Å². The van der Waals surface area contributed by atoms with Gasteiger partial charge in [-0.05, 0) is 205 Å². The van der Waals surface area contributed by atoms with Crippen LogP contribution in [-0.4, -0.2) is 161 Å². The molecule has 21 rings (SSSR count). The first-order valence-electron chi connectivity index (χ1n) is 48.4. The van der Waals surface area contributed by atoms with Crippen molar-refractivity contribution in [2.24, 2.45) is 0 Å². The summed E-state index contributed by atoms with van der Waals surface area (Å²) < 4.78 is 44.4. The van der Waals surface area contributed by atoms with Gasteiger partial charge in [0.2, 0.25) is 35.5 Å². The van der Waals surface area contributed by atoms with Crippen molar-refractivity contribution < 1.29 is 67.3 Å². The lowest BCUT2D eigenvalue weighted by molar-refractivity contribution is -0.125. The Morgan fingerprint density at radius 1 is 0.311 bits per heavy atom. The largest absolute Gasteiger partial charge is 0.495 e. The number of carbonyl (C=O) groups excluding carboxylic acids is 4. The number of para-hydroxylation sites is 2. The molecule has 148 heavy (non-hydrogen) atoms. The Balaban J connectivity index is 0.000000129. The first-order valence-corrected chi connectivity index (χ1v) is 48.4. The number of hydrogen-bond acceptors (Lipinski definition) is 28. The zero-order chi connectivity index (χ0) is 102. The number of pyridine rings is 9. The van der Waals surface area contributed by atoms with Gasteiger partial charge in [-0.25, -0.2) is 49.8 Å². The predicted molar refractivity (Wildman–Crippen MR) is 564 cm³/mol. The highest BCUT2D eigenvalue weighted by atomic mass is 16.5. The molecule has 33 nitrogen and oxygen atoms in total.